The van der Waals surface area contributed by atoms with E-state index in [0.29, 0.717) is 28.5 Å². The fourth-order valence-electron chi connectivity index (χ4n) is 3.56. The lowest BCUT2D eigenvalue weighted by Crippen LogP contribution is -2.35. The summed E-state index contributed by atoms with van der Waals surface area (Å²) in [5.74, 6) is 1.65. The molecule has 28 heavy (non-hydrogen) atoms. The van der Waals surface area contributed by atoms with Crippen LogP contribution in [0.15, 0.2) is 58.3 Å². The van der Waals surface area contributed by atoms with Gasteiger partial charge in [0.1, 0.15) is 0 Å². The molecule has 1 aliphatic rings. The number of carbonyl (C=O) groups is 1. The molecule has 0 bridgehead atoms. The van der Waals surface area contributed by atoms with Crippen molar-refractivity contribution in [1.29, 1.82) is 0 Å². The third-order valence-corrected chi connectivity index (χ3v) is 5.87. The van der Waals surface area contributed by atoms with Crippen LogP contribution in [0.4, 0.5) is 0 Å². The van der Waals surface area contributed by atoms with Crippen LogP contribution in [0.25, 0.3) is 17.3 Å². The Balaban J connectivity index is 1.49. The molecule has 6 nitrogen and oxygen atoms in total. The molecule has 146 valence electrons. The monoisotopic (exact) mass is 396 g/mol. The van der Waals surface area contributed by atoms with E-state index >= 15 is 0 Å². The lowest BCUT2D eigenvalue weighted by Gasteiger charge is -2.16. The quantitative estimate of drug-likeness (QED) is 0.492. The summed E-state index contributed by atoms with van der Waals surface area (Å²) in [6.07, 6.45) is 8.73. The Morgan fingerprint density at radius 2 is 1.86 bits per heavy atom. The molecule has 0 spiro atoms. The Morgan fingerprint density at radius 1 is 1.07 bits per heavy atom. The van der Waals surface area contributed by atoms with E-state index in [9.17, 15) is 4.79 Å². The number of furan rings is 1. The molecule has 2 heterocycles. The largest absolute Gasteiger partial charge is 0.461 e. The summed E-state index contributed by atoms with van der Waals surface area (Å²) in [5, 5.41) is 12.5. The summed E-state index contributed by atoms with van der Waals surface area (Å²) in [6, 6.07) is 13.9. The lowest BCUT2D eigenvalue weighted by atomic mass is 10.1. The maximum Gasteiger partial charge on any atom is 0.230 e. The topological polar surface area (TPSA) is 73.0 Å². The van der Waals surface area contributed by atoms with Gasteiger partial charge in [-0.2, -0.15) is 0 Å². The highest BCUT2D eigenvalue weighted by Gasteiger charge is 2.20. The van der Waals surface area contributed by atoms with Crippen molar-refractivity contribution < 1.29 is 9.21 Å². The molecular formula is C21H24N4O2S. The van der Waals surface area contributed by atoms with Gasteiger partial charge in [0.15, 0.2) is 10.9 Å². The number of rotatable bonds is 6. The minimum absolute atomic E-state index is 0.0547. The maximum absolute atomic E-state index is 12.5. The number of hydrogen-bond donors (Lipinski definition) is 1. The van der Waals surface area contributed by atoms with Crippen LogP contribution < -0.4 is 5.32 Å². The van der Waals surface area contributed by atoms with E-state index in [1.807, 2.05) is 47.0 Å². The predicted octanol–water partition coefficient (Wildman–Crippen LogP) is 4.46. The van der Waals surface area contributed by atoms with Crippen molar-refractivity contribution in [3.05, 3.63) is 48.7 Å². The van der Waals surface area contributed by atoms with E-state index in [1.54, 1.807) is 6.26 Å². The van der Waals surface area contributed by atoms with Crippen LogP contribution in [0, 0.1) is 0 Å². The highest BCUT2D eigenvalue weighted by atomic mass is 32.2. The minimum Gasteiger partial charge on any atom is -0.461 e. The third-order valence-electron chi connectivity index (χ3n) is 4.94. The number of para-hydroxylation sites is 1. The van der Waals surface area contributed by atoms with Gasteiger partial charge in [-0.25, -0.2) is 0 Å². The average Bonchev–Trinajstić information content (AvgIpc) is 3.32. The molecular weight excluding hydrogens is 372 g/mol. The molecule has 1 N–H and O–H groups in total. The molecule has 1 saturated carbocycles. The average molecular weight is 397 g/mol. The number of benzene rings is 1. The Morgan fingerprint density at radius 3 is 2.57 bits per heavy atom. The van der Waals surface area contributed by atoms with E-state index in [4.69, 9.17) is 4.42 Å². The summed E-state index contributed by atoms with van der Waals surface area (Å²) in [7, 11) is 0. The molecule has 2 aromatic heterocycles. The van der Waals surface area contributed by atoms with Gasteiger partial charge < -0.3 is 9.73 Å². The molecule has 0 saturated heterocycles. The summed E-state index contributed by atoms with van der Waals surface area (Å²) in [5.41, 5.74) is 0.936. The fourth-order valence-corrected chi connectivity index (χ4v) is 4.32. The first-order valence-electron chi connectivity index (χ1n) is 9.78. The smallest absolute Gasteiger partial charge is 0.230 e. The highest BCUT2D eigenvalue weighted by molar-refractivity contribution is 7.99. The standard InChI is InChI=1S/C21H24N4O2S/c26-19(22-16-9-4-1-2-5-10-16)15-28-21-24-23-20(18-13-8-14-27-18)25(21)17-11-6-3-7-12-17/h3,6-8,11-14,16H,1-2,4-5,9-10,15H2,(H,22,26). The first-order valence-corrected chi connectivity index (χ1v) is 10.8. The first kappa shape index (κ1) is 18.8. The van der Waals surface area contributed by atoms with Gasteiger partial charge in [-0.15, -0.1) is 10.2 Å². The maximum atomic E-state index is 12.5. The Hall–Kier alpha value is -2.54. The molecule has 1 amide bonds. The van der Waals surface area contributed by atoms with Crippen LogP contribution in [0.1, 0.15) is 38.5 Å². The Labute approximate surface area is 168 Å². The van der Waals surface area contributed by atoms with Crippen LogP contribution >= 0.6 is 11.8 Å². The van der Waals surface area contributed by atoms with E-state index in [2.05, 4.69) is 15.5 Å². The summed E-state index contributed by atoms with van der Waals surface area (Å²) >= 11 is 1.40. The van der Waals surface area contributed by atoms with Gasteiger partial charge in [-0.05, 0) is 37.1 Å². The van der Waals surface area contributed by atoms with Gasteiger partial charge in [0.2, 0.25) is 11.7 Å². The zero-order chi connectivity index (χ0) is 19.2. The number of aromatic nitrogens is 3. The Bertz CT molecular complexity index is 885. The van der Waals surface area contributed by atoms with Crippen molar-refractivity contribution in [1.82, 2.24) is 20.1 Å². The van der Waals surface area contributed by atoms with Crippen molar-refractivity contribution in [2.45, 2.75) is 49.7 Å². The minimum atomic E-state index is 0.0547. The molecule has 0 atom stereocenters. The van der Waals surface area contributed by atoms with Crippen molar-refractivity contribution in [3.63, 3.8) is 0 Å². The molecule has 1 fully saturated rings. The molecule has 0 unspecified atom stereocenters. The Kier molecular flexibility index (Phi) is 6.11. The summed E-state index contributed by atoms with van der Waals surface area (Å²) < 4.78 is 7.45. The van der Waals surface area contributed by atoms with Gasteiger partial charge in [-0.1, -0.05) is 55.6 Å². The second-order valence-corrected chi connectivity index (χ2v) is 7.94. The predicted molar refractivity (Wildman–Crippen MR) is 109 cm³/mol. The molecule has 1 aromatic carbocycles. The normalized spacial score (nSPS) is 15.3. The zero-order valence-electron chi connectivity index (χ0n) is 15.7. The van der Waals surface area contributed by atoms with E-state index < -0.39 is 0 Å². The highest BCUT2D eigenvalue weighted by Crippen LogP contribution is 2.28. The molecule has 0 radical (unpaired) electrons. The molecule has 0 aliphatic heterocycles. The molecule has 4 rings (SSSR count). The van der Waals surface area contributed by atoms with Gasteiger partial charge >= 0.3 is 0 Å². The van der Waals surface area contributed by atoms with Crippen molar-refractivity contribution >= 4 is 17.7 Å². The van der Waals surface area contributed by atoms with E-state index in [1.165, 1.54) is 37.4 Å². The number of nitrogens with zero attached hydrogens (tertiary/aromatic N) is 3. The van der Waals surface area contributed by atoms with E-state index in [0.717, 1.165) is 18.5 Å². The van der Waals surface area contributed by atoms with Crippen LogP contribution in [0.3, 0.4) is 0 Å². The molecule has 3 aromatic rings. The molecule has 7 heteroatoms. The second kappa shape index (κ2) is 9.10. The zero-order valence-corrected chi connectivity index (χ0v) is 16.5. The second-order valence-electron chi connectivity index (χ2n) is 7.00. The van der Waals surface area contributed by atoms with Crippen LogP contribution in [-0.4, -0.2) is 32.5 Å². The van der Waals surface area contributed by atoms with Crippen LogP contribution in [0.2, 0.25) is 0 Å². The number of amides is 1. The van der Waals surface area contributed by atoms with Gasteiger partial charge in [0.25, 0.3) is 0 Å². The third kappa shape index (κ3) is 4.47. The van der Waals surface area contributed by atoms with Crippen LogP contribution in [-0.2, 0) is 4.79 Å². The number of thioether (sulfide) groups is 1. The summed E-state index contributed by atoms with van der Waals surface area (Å²) in [4.78, 5) is 12.5. The SMILES string of the molecule is O=C(CSc1nnc(-c2ccco2)n1-c1ccccc1)NC1CCCCCC1. The summed E-state index contributed by atoms with van der Waals surface area (Å²) in [6.45, 7) is 0. The van der Waals surface area contributed by atoms with Crippen molar-refractivity contribution in [2.24, 2.45) is 0 Å². The van der Waals surface area contributed by atoms with Gasteiger partial charge in [0.05, 0.1) is 12.0 Å². The van der Waals surface area contributed by atoms with Gasteiger partial charge in [-0.3, -0.25) is 9.36 Å². The van der Waals surface area contributed by atoms with E-state index in [-0.39, 0.29) is 5.91 Å². The van der Waals surface area contributed by atoms with Crippen molar-refractivity contribution in [3.8, 4) is 17.3 Å². The van der Waals surface area contributed by atoms with Crippen molar-refractivity contribution in [2.75, 3.05) is 5.75 Å². The van der Waals surface area contributed by atoms with Crippen LogP contribution in [0.5, 0.6) is 0 Å². The molecule has 1 aliphatic carbocycles. The first-order chi connectivity index (χ1) is 13.8. The number of carbonyl (C=O) groups excluding carboxylic acids is 1. The lowest BCUT2D eigenvalue weighted by molar-refractivity contribution is -0.119. The number of hydrogen-bond acceptors (Lipinski definition) is 5. The number of nitrogens with one attached hydrogen (secondary N) is 1. The van der Waals surface area contributed by atoms with Gasteiger partial charge in [0, 0.05) is 11.7 Å². The fraction of sp³-hybridized carbons (Fsp3) is 0.381.